The minimum absolute atomic E-state index is 0.0363. The highest BCUT2D eigenvalue weighted by atomic mass is 16.3. The fourth-order valence-electron chi connectivity index (χ4n) is 2.14. The molecule has 19 heavy (non-hydrogen) atoms. The summed E-state index contributed by atoms with van der Waals surface area (Å²) in [6.07, 6.45) is 1.85. The van der Waals surface area contributed by atoms with Crippen molar-refractivity contribution in [1.29, 1.82) is 0 Å². The Morgan fingerprint density at radius 2 is 1.84 bits per heavy atom. The van der Waals surface area contributed by atoms with Crippen LogP contribution in [0.4, 0.5) is 11.4 Å². The fraction of sp³-hybridized carbons (Fsp3) is 0.286. The van der Waals surface area contributed by atoms with E-state index in [1.807, 2.05) is 41.4 Å². The molecule has 0 radical (unpaired) electrons. The van der Waals surface area contributed by atoms with Gasteiger partial charge in [-0.15, -0.1) is 0 Å². The van der Waals surface area contributed by atoms with Gasteiger partial charge in [-0.1, -0.05) is 0 Å². The van der Waals surface area contributed by atoms with Gasteiger partial charge in [-0.25, -0.2) is 0 Å². The molecule has 0 fully saturated rings. The first kappa shape index (κ1) is 13.5. The van der Waals surface area contributed by atoms with Gasteiger partial charge in [0.15, 0.2) is 0 Å². The molecule has 1 heterocycles. The van der Waals surface area contributed by atoms with Crippen molar-refractivity contribution < 1.29 is 10.2 Å². The number of aliphatic hydroxyl groups is 2. The highest BCUT2D eigenvalue weighted by Gasteiger charge is 2.13. The topological polar surface area (TPSA) is 85.5 Å². The van der Waals surface area contributed by atoms with E-state index in [-0.39, 0.29) is 13.2 Å². The van der Waals surface area contributed by atoms with Gasteiger partial charge in [-0.2, -0.15) is 0 Å². The van der Waals surface area contributed by atoms with Gasteiger partial charge in [0, 0.05) is 41.9 Å². The number of anilines is 2. The average Bonchev–Trinajstić information content (AvgIpc) is 2.92. The molecule has 1 aromatic carbocycles. The number of nitrogens with two attached hydrogens (primary N) is 1. The van der Waals surface area contributed by atoms with Crippen molar-refractivity contribution in [2.45, 2.75) is 0 Å². The van der Waals surface area contributed by atoms with Crippen molar-refractivity contribution in [3.8, 4) is 11.3 Å². The van der Waals surface area contributed by atoms with Crippen LogP contribution in [-0.4, -0.2) is 41.5 Å². The second-order valence-electron chi connectivity index (χ2n) is 4.29. The highest BCUT2D eigenvalue weighted by Crippen LogP contribution is 2.31. The molecule has 0 atom stereocenters. The first-order chi connectivity index (χ1) is 9.26. The number of rotatable bonds is 6. The van der Waals surface area contributed by atoms with Crippen LogP contribution in [0.25, 0.3) is 11.3 Å². The Balaban J connectivity index is 2.43. The summed E-state index contributed by atoms with van der Waals surface area (Å²) in [5.41, 5.74) is 9.40. The zero-order chi connectivity index (χ0) is 13.7. The summed E-state index contributed by atoms with van der Waals surface area (Å²) in [7, 11) is 0. The molecule has 1 aromatic heterocycles. The number of aliphatic hydroxyl groups excluding tert-OH is 2. The smallest absolute Gasteiger partial charge is 0.0606 e. The van der Waals surface area contributed by atoms with Crippen molar-refractivity contribution >= 4 is 11.4 Å². The largest absolute Gasteiger partial charge is 0.399 e. The van der Waals surface area contributed by atoms with Crippen molar-refractivity contribution in [3.05, 3.63) is 36.5 Å². The fourth-order valence-corrected chi connectivity index (χ4v) is 2.14. The van der Waals surface area contributed by atoms with Crippen molar-refractivity contribution in [3.63, 3.8) is 0 Å². The summed E-state index contributed by atoms with van der Waals surface area (Å²) in [6.45, 7) is 1.01. The molecule has 102 valence electrons. The van der Waals surface area contributed by atoms with Crippen LogP contribution in [0.15, 0.2) is 36.5 Å². The Kier molecular flexibility index (Phi) is 4.43. The van der Waals surface area contributed by atoms with Gasteiger partial charge < -0.3 is 25.8 Å². The van der Waals surface area contributed by atoms with Crippen LogP contribution in [0.1, 0.15) is 0 Å². The number of nitrogens with one attached hydrogen (secondary N) is 1. The predicted molar refractivity (Wildman–Crippen MR) is 77.0 cm³/mol. The van der Waals surface area contributed by atoms with Crippen molar-refractivity contribution in [2.24, 2.45) is 0 Å². The van der Waals surface area contributed by atoms with E-state index in [2.05, 4.69) is 4.98 Å². The van der Waals surface area contributed by atoms with Gasteiger partial charge in [0.1, 0.15) is 0 Å². The molecule has 5 nitrogen and oxygen atoms in total. The van der Waals surface area contributed by atoms with Crippen molar-refractivity contribution in [2.75, 3.05) is 36.9 Å². The molecule has 5 heteroatoms. The monoisotopic (exact) mass is 261 g/mol. The van der Waals surface area contributed by atoms with E-state index < -0.39 is 0 Å². The first-order valence-corrected chi connectivity index (χ1v) is 6.26. The van der Waals surface area contributed by atoms with Crippen molar-refractivity contribution in [1.82, 2.24) is 4.98 Å². The molecule has 0 saturated heterocycles. The summed E-state index contributed by atoms with van der Waals surface area (Å²) >= 11 is 0. The second kappa shape index (κ2) is 6.26. The Bertz CT molecular complexity index is 505. The maximum absolute atomic E-state index is 9.14. The molecule has 0 amide bonds. The molecule has 0 bridgehead atoms. The number of nitrogen functional groups attached to an aromatic ring is 1. The van der Waals surface area contributed by atoms with E-state index >= 15 is 0 Å². The van der Waals surface area contributed by atoms with E-state index in [1.165, 1.54) is 0 Å². The quantitative estimate of drug-likeness (QED) is 0.586. The minimum Gasteiger partial charge on any atom is -0.399 e. The standard InChI is InChI=1S/C14H19N3O2/c15-11-3-4-14(17(6-8-18)7-9-19)12(10-11)13-2-1-5-16-13/h1-5,10,16,18-19H,6-9,15H2. The number of aromatic amines is 1. The maximum Gasteiger partial charge on any atom is 0.0606 e. The third-order valence-corrected chi connectivity index (χ3v) is 2.99. The summed E-state index contributed by atoms with van der Waals surface area (Å²) < 4.78 is 0. The molecule has 0 aliphatic rings. The molecule has 0 aliphatic heterocycles. The number of benzene rings is 1. The van der Waals surface area contributed by atoms with E-state index in [1.54, 1.807) is 0 Å². The van der Waals surface area contributed by atoms with Gasteiger partial charge in [0.25, 0.3) is 0 Å². The maximum atomic E-state index is 9.14. The zero-order valence-electron chi connectivity index (χ0n) is 10.7. The Morgan fingerprint density at radius 1 is 1.11 bits per heavy atom. The molecule has 5 N–H and O–H groups in total. The molecular formula is C14H19N3O2. The van der Waals surface area contributed by atoms with Crippen LogP contribution in [0.2, 0.25) is 0 Å². The third kappa shape index (κ3) is 3.07. The predicted octanol–water partition coefficient (Wildman–Crippen LogP) is 1.05. The Hall–Kier alpha value is -1.98. The van der Waals surface area contributed by atoms with Gasteiger partial charge in [-0.3, -0.25) is 0 Å². The van der Waals surface area contributed by atoms with Crippen LogP contribution in [0, 0.1) is 0 Å². The number of hydrogen-bond acceptors (Lipinski definition) is 4. The zero-order valence-corrected chi connectivity index (χ0v) is 10.7. The normalized spacial score (nSPS) is 10.6. The molecule has 0 unspecified atom stereocenters. The van der Waals surface area contributed by atoms with Crippen LogP contribution < -0.4 is 10.6 Å². The lowest BCUT2D eigenvalue weighted by atomic mass is 10.1. The minimum atomic E-state index is 0.0363. The van der Waals surface area contributed by atoms with E-state index in [4.69, 9.17) is 15.9 Å². The molecule has 0 spiro atoms. The molecular weight excluding hydrogens is 242 g/mol. The SMILES string of the molecule is Nc1ccc(N(CCO)CCO)c(-c2ccc[nH]2)c1. The summed E-state index contributed by atoms with van der Waals surface area (Å²) in [5.74, 6) is 0. The third-order valence-electron chi connectivity index (χ3n) is 2.99. The van der Waals surface area contributed by atoms with Gasteiger partial charge in [-0.05, 0) is 30.3 Å². The molecule has 0 saturated carbocycles. The second-order valence-corrected chi connectivity index (χ2v) is 4.29. The lowest BCUT2D eigenvalue weighted by Gasteiger charge is -2.25. The molecule has 2 rings (SSSR count). The van der Waals surface area contributed by atoms with Gasteiger partial charge in [0.2, 0.25) is 0 Å². The average molecular weight is 261 g/mol. The van der Waals surface area contributed by atoms with Crippen LogP contribution in [0.3, 0.4) is 0 Å². The van der Waals surface area contributed by atoms with Crippen LogP contribution in [0.5, 0.6) is 0 Å². The number of nitrogens with zero attached hydrogens (tertiary/aromatic N) is 1. The number of hydrogen-bond donors (Lipinski definition) is 4. The van der Waals surface area contributed by atoms with Crippen LogP contribution in [-0.2, 0) is 0 Å². The van der Waals surface area contributed by atoms with E-state index in [0.717, 1.165) is 16.9 Å². The van der Waals surface area contributed by atoms with E-state index in [9.17, 15) is 0 Å². The van der Waals surface area contributed by atoms with Gasteiger partial charge in [0.05, 0.1) is 13.2 Å². The highest BCUT2D eigenvalue weighted by molar-refractivity contribution is 5.79. The summed E-state index contributed by atoms with van der Waals surface area (Å²) in [5, 5.41) is 18.3. The summed E-state index contributed by atoms with van der Waals surface area (Å²) in [4.78, 5) is 5.09. The lowest BCUT2D eigenvalue weighted by Crippen LogP contribution is -2.30. The van der Waals surface area contributed by atoms with Gasteiger partial charge >= 0.3 is 0 Å². The molecule has 0 aliphatic carbocycles. The lowest BCUT2D eigenvalue weighted by molar-refractivity contribution is 0.281. The van der Waals surface area contributed by atoms with Crippen LogP contribution >= 0.6 is 0 Å². The Labute approximate surface area is 112 Å². The number of H-pyrrole nitrogens is 1. The molecule has 2 aromatic rings. The summed E-state index contributed by atoms with van der Waals surface area (Å²) in [6, 6.07) is 9.52. The number of aromatic nitrogens is 1. The Morgan fingerprint density at radius 3 is 2.42 bits per heavy atom. The van der Waals surface area contributed by atoms with E-state index in [0.29, 0.717) is 18.8 Å². The first-order valence-electron chi connectivity index (χ1n) is 6.26.